The molecule has 0 unspecified atom stereocenters. The first-order chi connectivity index (χ1) is 11.3. The number of aliphatic hydroxyl groups excluding tert-OH is 1. The van der Waals surface area contributed by atoms with E-state index in [-0.39, 0.29) is 12.7 Å². The molecular formula is C17H22BrN3O3. The smallest absolute Gasteiger partial charge is 0.410 e. The van der Waals surface area contributed by atoms with Crippen LogP contribution in [-0.4, -0.2) is 44.6 Å². The molecule has 0 radical (unpaired) electrons. The van der Waals surface area contributed by atoms with Crippen molar-refractivity contribution in [3.8, 4) is 0 Å². The van der Waals surface area contributed by atoms with Crippen molar-refractivity contribution >= 4 is 32.9 Å². The van der Waals surface area contributed by atoms with Gasteiger partial charge in [-0.2, -0.15) is 5.10 Å². The number of hydrogen-bond donors (Lipinski definition) is 1. The van der Waals surface area contributed by atoms with E-state index in [9.17, 15) is 9.90 Å². The van der Waals surface area contributed by atoms with Gasteiger partial charge in [0.15, 0.2) is 0 Å². The normalized spacial score (nSPS) is 15.6. The third-order valence-electron chi connectivity index (χ3n) is 3.98. The van der Waals surface area contributed by atoms with E-state index in [0.717, 1.165) is 21.9 Å². The van der Waals surface area contributed by atoms with Gasteiger partial charge in [-0.05, 0) is 39.0 Å². The Labute approximate surface area is 149 Å². The van der Waals surface area contributed by atoms with Crippen LogP contribution >= 0.6 is 15.9 Å². The second-order valence-electron chi connectivity index (χ2n) is 7.20. The Hall–Kier alpha value is -1.60. The second kappa shape index (κ2) is 6.37. The molecule has 1 saturated heterocycles. The van der Waals surface area contributed by atoms with Gasteiger partial charge in [0.25, 0.3) is 0 Å². The van der Waals surface area contributed by atoms with Gasteiger partial charge < -0.3 is 14.7 Å². The molecule has 1 aliphatic heterocycles. The lowest BCUT2D eigenvalue weighted by Crippen LogP contribution is -2.52. The van der Waals surface area contributed by atoms with E-state index >= 15 is 0 Å². The van der Waals surface area contributed by atoms with Crippen molar-refractivity contribution in [1.82, 2.24) is 14.7 Å². The lowest BCUT2D eigenvalue weighted by atomic mass is 10.0. The van der Waals surface area contributed by atoms with Crippen molar-refractivity contribution < 1.29 is 14.6 Å². The number of likely N-dealkylation sites (tertiary alicyclic amines) is 1. The number of aliphatic hydroxyl groups is 1. The minimum Gasteiger partial charge on any atom is -0.444 e. The van der Waals surface area contributed by atoms with Gasteiger partial charge in [-0.25, -0.2) is 4.79 Å². The quantitative estimate of drug-likeness (QED) is 0.866. The molecule has 0 bridgehead atoms. The standard InChI is InChI=1S/C17H22BrN3O3/c1-17(2,3)24-16(23)20-7-11(8-20)9-21-15-5-4-12(18)6-13(15)14(10-22)19-21/h4-6,11,22H,7-10H2,1-3H3. The van der Waals surface area contributed by atoms with Gasteiger partial charge in [-0.3, -0.25) is 4.68 Å². The van der Waals surface area contributed by atoms with Crippen molar-refractivity contribution in [2.45, 2.75) is 39.5 Å². The molecule has 130 valence electrons. The second-order valence-corrected chi connectivity index (χ2v) is 8.12. The van der Waals surface area contributed by atoms with Crippen LogP contribution in [0.5, 0.6) is 0 Å². The molecule has 24 heavy (non-hydrogen) atoms. The number of benzene rings is 1. The van der Waals surface area contributed by atoms with Gasteiger partial charge in [0, 0.05) is 35.4 Å². The summed E-state index contributed by atoms with van der Waals surface area (Å²) >= 11 is 3.45. The molecule has 2 aromatic rings. The van der Waals surface area contributed by atoms with Crippen molar-refractivity contribution in [3.05, 3.63) is 28.4 Å². The fraction of sp³-hybridized carbons (Fsp3) is 0.529. The largest absolute Gasteiger partial charge is 0.444 e. The maximum Gasteiger partial charge on any atom is 0.410 e. The predicted molar refractivity (Wildman–Crippen MR) is 94.7 cm³/mol. The van der Waals surface area contributed by atoms with Crippen molar-refractivity contribution in [3.63, 3.8) is 0 Å². The molecule has 3 rings (SSSR count). The summed E-state index contributed by atoms with van der Waals surface area (Å²) < 4.78 is 8.25. The number of carbonyl (C=O) groups is 1. The van der Waals surface area contributed by atoms with E-state index in [0.29, 0.717) is 24.7 Å². The van der Waals surface area contributed by atoms with Crippen LogP contribution in [0.15, 0.2) is 22.7 Å². The molecule has 2 heterocycles. The highest BCUT2D eigenvalue weighted by atomic mass is 79.9. The molecule has 1 aliphatic rings. The zero-order valence-corrected chi connectivity index (χ0v) is 15.7. The van der Waals surface area contributed by atoms with Crippen LogP contribution < -0.4 is 0 Å². The third-order valence-corrected chi connectivity index (χ3v) is 4.47. The van der Waals surface area contributed by atoms with Gasteiger partial charge in [0.05, 0.1) is 17.8 Å². The Morgan fingerprint density at radius 1 is 1.42 bits per heavy atom. The van der Waals surface area contributed by atoms with Gasteiger partial charge in [-0.1, -0.05) is 15.9 Å². The summed E-state index contributed by atoms with van der Waals surface area (Å²) in [4.78, 5) is 13.7. The van der Waals surface area contributed by atoms with E-state index in [2.05, 4.69) is 21.0 Å². The maximum absolute atomic E-state index is 12.0. The van der Waals surface area contributed by atoms with Gasteiger partial charge >= 0.3 is 6.09 Å². The number of rotatable bonds is 3. The van der Waals surface area contributed by atoms with Crippen molar-refractivity contribution in [2.24, 2.45) is 5.92 Å². The van der Waals surface area contributed by atoms with Crippen LogP contribution in [0.2, 0.25) is 0 Å². The minimum atomic E-state index is -0.468. The Kier molecular flexibility index (Phi) is 4.57. The number of ether oxygens (including phenoxy) is 1. The third kappa shape index (κ3) is 3.57. The summed E-state index contributed by atoms with van der Waals surface area (Å²) in [7, 11) is 0. The molecule has 0 atom stereocenters. The Balaban J connectivity index is 1.66. The van der Waals surface area contributed by atoms with Gasteiger partial charge in [0.1, 0.15) is 5.60 Å². The van der Waals surface area contributed by atoms with E-state index in [1.807, 2.05) is 43.7 Å². The molecule has 1 aromatic carbocycles. The van der Waals surface area contributed by atoms with E-state index in [1.54, 1.807) is 4.90 Å². The first-order valence-electron chi connectivity index (χ1n) is 8.00. The summed E-state index contributed by atoms with van der Waals surface area (Å²) in [6.07, 6.45) is -0.260. The highest BCUT2D eigenvalue weighted by Gasteiger charge is 2.34. The van der Waals surface area contributed by atoms with E-state index in [1.165, 1.54) is 0 Å². The Bertz CT molecular complexity index is 760. The molecule has 6 nitrogen and oxygen atoms in total. The molecule has 0 spiro atoms. The summed E-state index contributed by atoms with van der Waals surface area (Å²) in [5.74, 6) is 0.343. The molecule has 1 amide bonds. The highest BCUT2D eigenvalue weighted by Crippen LogP contribution is 2.26. The number of halogens is 1. The van der Waals surface area contributed by atoms with Crippen LogP contribution in [0.3, 0.4) is 0 Å². The number of amides is 1. The Morgan fingerprint density at radius 2 is 2.12 bits per heavy atom. The zero-order chi connectivity index (χ0) is 17.5. The summed E-state index contributed by atoms with van der Waals surface area (Å²) in [6, 6.07) is 5.93. The molecule has 1 N–H and O–H groups in total. The lowest BCUT2D eigenvalue weighted by molar-refractivity contribution is -0.00366. The molecule has 0 aliphatic carbocycles. The van der Waals surface area contributed by atoms with Gasteiger partial charge in [0.2, 0.25) is 0 Å². The maximum atomic E-state index is 12.0. The number of fused-ring (bicyclic) bond motifs is 1. The first-order valence-corrected chi connectivity index (χ1v) is 8.80. The fourth-order valence-electron chi connectivity index (χ4n) is 2.88. The van der Waals surface area contributed by atoms with Crippen LogP contribution in [0.4, 0.5) is 4.79 Å². The van der Waals surface area contributed by atoms with Crippen LogP contribution in [0.25, 0.3) is 10.9 Å². The summed E-state index contributed by atoms with van der Waals surface area (Å²) in [6.45, 7) is 7.57. The number of nitrogens with zero attached hydrogens (tertiary/aromatic N) is 3. The van der Waals surface area contributed by atoms with Crippen LogP contribution in [0.1, 0.15) is 26.5 Å². The topological polar surface area (TPSA) is 67.6 Å². The van der Waals surface area contributed by atoms with Crippen LogP contribution in [0, 0.1) is 5.92 Å². The molecule has 7 heteroatoms. The lowest BCUT2D eigenvalue weighted by Gasteiger charge is -2.39. The van der Waals surface area contributed by atoms with Gasteiger partial charge in [-0.15, -0.1) is 0 Å². The molecule has 1 fully saturated rings. The monoisotopic (exact) mass is 395 g/mol. The first kappa shape index (κ1) is 17.2. The molecule has 1 aromatic heterocycles. The average Bonchev–Trinajstić information content (AvgIpc) is 2.77. The zero-order valence-electron chi connectivity index (χ0n) is 14.1. The molecular weight excluding hydrogens is 374 g/mol. The molecule has 0 saturated carbocycles. The van der Waals surface area contributed by atoms with E-state index in [4.69, 9.17) is 4.74 Å². The summed E-state index contributed by atoms with van der Waals surface area (Å²) in [5.41, 5.74) is 1.21. The minimum absolute atomic E-state index is 0.0886. The average molecular weight is 396 g/mol. The Morgan fingerprint density at radius 3 is 2.75 bits per heavy atom. The van der Waals surface area contributed by atoms with Crippen molar-refractivity contribution in [1.29, 1.82) is 0 Å². The van der Waals surface area contributed by atoms with Crippen LogP contribution in [-0.2, 0) is 17.9 Å². The highest BCUT2D eigenvalue weighted by molar-refractivity contribution is 9.10. The van der Waals surface area contributed by atoms with Crippen molar-refractivity contribution in [2.75, 3.05) is 13.1 Å². The predicted octanol–water partition coefficient (Wildman–Crippen LogP) is 3.16. The number of hydrogen-bond acceptors (Lipinski definition) is 4. The number of carbonyl (C=O) groups excluding carboxylic acids is 1. The number of aromatic nitrogens is 2. The van der Waals surface area contributed by atoms with E-state index < -0.39 is 5.60 Å². The fourth-order valence-corrected chi connectivity index (χ4v) is 3.24. The summed E-state index contributed by atoms with van der Waals surface area (Å²) in [5, 5.41) is 15.0. The SMILES string of the molecule is CC(C)(C)OC(=O)N1CC(Cn2nc(CO)c3cc(Br)ccc32)C1.